The summed E-state index contributed by atoms with van der Waals surface area (Å²) < 4.78 is 0. The van der Waals surface area contributed by atoms with E-state index in [2.05, 4.69) is 44.5 Å². The number of nitrogens with zero attached hydrogens (tertiary/aromatic N) is 2. The van der Waals surface area contributed by atoms with Crippen molar-refractivity contribution in [1.82, 2.24) is 9.80 Å². The molecule has 0 N–H and O–H groups in total. The lowest BCUT2D eigenvalue weighted by Gasteiger charge is -2.32. The Morgan fingerprint density at radius 1 is 1.05 bits per heavy atom. The van der Waals surface area contributed by atoms with E-state index in [4.69, 9.17) is 0 Å². The summed E-state index contributed by atoms with van der Waals surface area (Å²) in [5, 5.41) is 0. The van der Waals surface area contributed by atoms with Crippen molar-refractivity contribution in [2.45, 2.75) is 67.2 Å². The summed E-state index contributed by atoms with van der Waals surface area (Å²) in [7, 11) is 2.30. The van der Waals surface area contributed by atoms with Gasteiger partial charge in [-0.05, 0) is 83.2 Å². The van der Waals surface area contributed by atoms with Crippen molar-refractivity contribution < 1.29 is 0 Å². The fourth-order valence-electron chi connectivity index (χ4n) is 2.86. The van der Waals surface area contributed by atoms with E-state index in [0.29, 0.717) is 0 Å². The van der Waals surface area contributed by atoms with Crippen LogP contribution in [0.4, 0.5) is 0 Å². The highest BCUT2D eigenvalue weighted by Crippen LogP contribution is 2.21. The van der Waals surface area contributed by atoms with Crippen molar-refractivity contribution in [3.63, 3.8) is 0 Å². The third-order valence-corrected chi connectivity index (χ3v) is 5.18. The molecule has 1 aliphatic heterocycles. The molecule has 1 rings (SSSR count). The molecule has 0 aromatic rings. The van der Waals surface area contributed by atoms with E-state index in [0.717, 1.165) is 17.8 Å². The maximum atomic E-state index is 2.59. The molecule has 2 heteroatoms. The molecule has 1 fully saturated rings. The Bertz CT molecular complexity index is 220. The molecule has 0 spiro atoms. The van der Waals surface area contributed by atoms with Crippen LogP contribution in [0.25, 0.3) is 0 Å². The first-order valence-corrected chi connectivity index (χ1v) is 9.43. The van der Waals surface area contributed by atoms with E-state index in [1.165, 1.54) is 58.4 Å². The van der Waals surface area contributed by atoms with Gasteiger partial charge >= 0.3 is 0 Å². The number of piperidine rings is 1. The normalized spacial score (nSPS) is 18.7. The molecule has 0 amide bonds. The molecule has 1 atom stereocenters. The SMILES string of the molecule is CC.CCN1CCC(CCN(C)CCC(C)C(C)C)CC1. The van der Waals surface area contributed by atoms with E-state index in [1.54, 1.807) is 0 Å². The van der Waals surface area contributed by atoms with Gasteiger partial charge in [-0.1, -0.05) is 41.5 Å². The molecule has 1 aliphatic rings. The van der Waals surface area contributed by atoms with Crippen LogP contribution >= 0.6 is 0 Å². The molecular weight excluding hydrogens is 256 g/mol. The van der Waals surface area contributed by atoms with Gasteiger partial charge in [-0.2, -0.15) is 0 Å². The van der Waals surface area contributed by atoms with Gasteiger partial charge in [0.1, 0.15) is 0 Å². The minimum atomic E-state index is 0.826. The number of hydrogen-bond donors (Lipinski definition) is 0. The molecule has 1 unspecified atom stereocenters. The Labute approximate surface area is 135 Å². The fourth-order valence-corrected chi connectivity index (χ4v) is 2.86. The van der Waals surface area contributed by atoms with Crippen molar-refractivity contribution in [3.8, 4) is 0 Å². The first-order valence-electron chi connectivity index (χ1n) is 9.43. The van der Waals surface area contributed by atoms with E-state index < -0.39 is 0 Å². The van der Waals surface area contributed by atoms with E-state index in [-0.39, 0.29) is 0 Å². The first kappa shape index (κ1) is 20.9. The molecule has 21 heavy (non-hydrogen) atoms. The van der Waals surface area contributed by atoms with Crippen LogP contribution in [0, 0.1) is 17.8 Å². The van der Waals surface area contributed by atoms with E-state index in [9.17, 15) is 0 Å². The maximum Gasteiger partial charge on any atom is -0.00162 e. The van der Waals surface area contributed by atoms with Gasteiger partial charge in [-0.25, -0.2) is 0 Å². The van der Waals surface area contributed by atoms with Crippen LogP contribution in [-0.4, -0.2) is 49.6 Å². The average molecular weight is 299 g/mol. The summed E-state index contributed by atoms with van der Waals surface area (Å²) in [5.41, 5.74) is 0. The predicted molar refractivity (Wildman–Crippen MR) is 96.9 cm³/mol. The van der Waals surface area contributed by atoms with Gasteiger partial charge in [0.25, 0.3) is 0 Å². The summed E-state index contributed by atoms with van der Waals surface area (Å²) in [6.07, 6.45) is 5.60. The summed E-state index contributed by atoms with van der Waals surface area (Å²) >= 11 is 0. The molecule has 1 saturated heterocycles. The Morgan fingerprint density at radius 2 is 1.62 bits per heavy atom. The molecule has 2 nitrogen and oxygen atoms in total. The van der Waals surface area contributed by atoms with Crippen LogP contribution in [0.2, 0.25) is 0 Å². The molecule has 0 radical (unpaired) electrons. The highest BCUT2D eigenvalue weighted by molar-refractivity contribution is 4.72. The highest BCUT2D eigenvalue weighted by atomic mass is 15.1. The monoisotopic (exact) mass is 298 g/mol. The number of rotatable bonds is 8. The lowest BCUT2D eigenvalue weighted by atomic mass is 9.93. The molecule has 0 aromatic heterocycles. The lowest BCUT2D eigenvalue weighted by molar-refractivity contribution is 0.173. The van der Waals surface area contributed by atoms with Gasteiger partial charge < -0.3 is 9.80 Å². The fraction of sp³-hybridized carbons (Fsp3) is 1.00. The van der Waals surface area contributed by atoms with E-state index >= 15 is 0 Å². The number of hydrogen-bond acceptors (Lipinski definition) is 2. The first-order chi connectivity index (χ1) is 10.0. The zero-order valence-corrected chi connectivity index (χ0v) is 16.0. The minimum Gasteiger partial charge on any atom is -0.306 e. The van der Waals surface area contributed by atoms with Crippen LogP contribution in [0.5, 0.6) is 0 Å². The van der Waals surface area contributed by atoms with Crippen molar-refractivity contribution in [2.24, 2.45) is 17.8 Å². The quantitative estimate of drug-likeness (QED) is 0.638. The Morgan fingerprint density at radius 3 is 2.10 bits per heavy atom. The molecule has 128 valence electrons. The zero-order chi connectivity index (χ0) is 16.3. The second kappa shape index (κ2) is 12.5. The van der Waals surface area contributed by atoms with Crippen LogP contribution < -0.4 is 0 Å². The molecule has 1 heterocycles. The standard InChI is InChI=1S/C17H36N2.C2H6/c1-6-19-13-9-17(10-14-19)8-12-18(5)11-7-16(4)15(2)3;1-2/h15-17H,6-14H2,1-5H3;1-2H3. The van der Waals surface area contributed by atoms with Crippen LogP contribution in [0.1, 0.15) is 67.2 Å². The average Bonchev–Trinajstić information content (AvgIpc) is 2.52. The highest BCUT2D eigenvalue weighted by Gasteiger charge is 2.18. The van der Waals surface area contributed by atoms with Crippen LogP contribution in [0.3, 0.4) is 0 Å². The Balaban J connectivity index is 0.00000191. The largest absolute Gasteiger partial charge is 0.306 e. The smallest absolute Gasteiger partial charge is 0.00162 e. The second-order valence-electron chi connectivity index (χ2n) is 6.98. The third kappa shape index (κ3) is 9.52. The summed E-state index contributed by atoms with van der Waals surface area (Å²) in [6, 6.07) is 0. The molecule has 0 bridgehead atoms. The van der Waals surface area contributed by atoms with Gasteiger partial charge in [0.2, 0.25) is 0 Å². The van der Waals surface area contributed by atoms with Crippen LogP contribution in [0.15, 0.2) is 0 Å². The van der Waals surface area contributed by atoms with Gasteiger partial charge in [-0.3, -0.25) is 0 Å². The van der Waals surface area contributed by atoms with Gasteiger partial charge in [0, 0.05) is 0 Å². The van der Waals surface area contributed by atoms with Crippen molar-refractivity contribution in [2.75, 3.05) is 39.8 Å². The molecule has 0 aliphatic carbocycles. The molecule has 0 saturated carbocycles. The summed E-state index contributed by atoms with van der Waals surface area (Å²) in [5.74, 6) is 2.66. The van der Waals surface area contributed by atoms with E-state index in [1.807, 2.05) is 13.8 Å². The minimum absolute atomic E-state index is 0.826. The maximum absolute atomic E-state index is 2.59. The van der Waals surface area contributed by atoms with Crippen molar-refractivity contribution >= 4 is 0 Å². The second-order valence-corrected chi connectivity index (χ2v) is 6.98. The number of likely N-dealkylation sites (tertiary alicyclic amines) is 1. The zero-order valence-electron chi connectivity index (χ0n) is 16.0. The summed E-state index contributed by atoms with van der Waals surface area (Å²) in [6.45, 7) is 19.8. The molecular formula is C19H42N2. The Hall–Kier alpha value is -0.0800. The van der Waals surface area contributed by atoms with Crippen LogP contribution in [-0.2, 0) is 0 Å². The summed E-state index contributed by atoms with van der Waals surface area (Å²) in [4.78, 5) is 5.13. The molecule has 0 aromatic carbocycles. The predicted octanol–water partition coefficient (Wildman–Crippen LogP) is 4.75. The van der Waals surface area contributed by atoms with Crippen molar-refractivity contribution in [1.29, 1.82) is 0 Å². The van der Waals surface area contributed by atoms with Gasteiger partial charge in [0.15, 0.2) is 0 Å². The lowest BCUT2D eigenvalue weighted by Crippen LogP contribution is -2.34. The third-order valence-electron chi connectivity index (χ3n) is 5.18. The topological polar surface area (TPSA) is 6.48 Å². The van der Waals surface area contributed by atoms with Gasteiger partial charge in [-0.15, -0.1) is 0 Å². The van der Waals surface area contributed by atoms with Gasteiger partial charge in [0.05, 0.1) is 0 Å². The Kier molecular flexibility index (Phi) is 12.4. The van der Waals surface area contributed by atoms with Crippen molar-refractivity contribution in [3.05, 3.63) is 0 Å².